The Morgan fingerprint density at radius 3 is 3.07 bits per heavy atom. The maximum Gasteiger partial charge on any atom is 0.0622 e. The van der Waals surface area contributed by atoms with Gasteiger partial charge in [0.05, 0.1) is 6.07 Å². The number of rotatable bonds is 5. The van der Waals surface area contributed by atoms with Crippen LogP contribution in [0.2, 0.25) is 0 Å². The van der Waals surface area contributed by atoms with Gasteiger partial charge in [0.2, 0.25) is 0 Å². The van der Waals surface area contributed by atoms with Crippen molar-refractivity contribution in [3.63, 3.8) is 0 Å². The summed E-state index contributed by atoms with van der Waals surface area (Å²) in [5.74, 6) is 0. The molecule has 0 aliphatic carbocycles. The molecule has 14 heavy (non-hydrogen) atoms. The van der Waals surface area contributed by atoms with Crippen molar-refractivity contribution in [1.29, 1.82) is 5.26 Å². The molecular weight excluding hydrogens is 174 g/mol. The van der Waals surface area contributed by atoms with Crippen LogP contribution >= 0.6 is 0 Å². The Labute approximate surface area is 85.1 Å². The Morgan fingerprint density at radius 1 is 1.64 bits per heavy atom. The minimum absolute atomic E-state index is 0.194. The van der Waals surface area contributed by atoms with E-state index in [1.165, 1.54) is 5.69 Å². The fourth-order valence-electron chi connectivity index (χ4n) is 1.51. The molecule has 1 unspecified atom stereocenters. The zero-order valence-corrected chi connectivity index (χ0v) is 8.61. The van der Waals surface area contributed by atoms with Gasteiger partial charge in [0.1, 0.15) is 0 Å². The molecular formula is C11H17N3. The van der Waals surface area contributed by atoms with Crippen molar-refractivity contribution in [2.24, 2.45) is 5.73 Å². The zero-order valence-electron chi connectivity index (χ0n) is 8.61. The van der Waals surface area contributed by atoms with E-state index in [-0.39, 0.29) is 6.04 Å². The molecule has 76 valence electrons. The van der Waals surface area contributed by atoms with Crippen LogP contribution in [0.25, 0.3) is 0 Å². The van der Waals surface area contributed by atoms with Gasteiger partial charge in [-0.25, -0.2) is 0 Å². The molecule has 0 saturated carbocycles. The van der Waals surface area contributed by atoms with Gasteiger partial charge in [-0.3, -0.25) is 0 Å². The largest absolute Gasteiger partial charge is 0.351 e. The fraction of sp³-hybridized carbons (Fsp3) is 0.545. The molecule has 3 nitrogen and oxygen atoms in total. The van der Waals surface area contributed by atoms with E-state index in [1.807, 2.05) is 13.0 Å². The normalized spacial score (nSPS) is 12.4. The molecule has 0 spiro atoms. The Balaban J connectivity index is 2.50. The highest BCUT2D eigenvalue weighted by molar-refractivity contribution is 5.08. The van der Waals surface area contributed by atoms with Crippen LogP contribution in [-0.2, 0) is 13.0 Å². The minimum atomic E-state index is 0.194. The third kappa shape index (κ3) is 3.23. The topological polar surface area (TPSA) is 54.7 Å². The van der Waals surface area contributed by atoms with E-state index in [1.54, 1.807) is 0 Å². The summed E-state index contributed by atoms with van der Waals surface area (Å²) in [6.45, 7) is 2.93. The van der Waals surface area contributed by atoms with Crippen molar-refractivity contribution < 1.29 is 0 Å². The minimum Gasteiger partial charge on any atom is -0.351 e. The summed E-state index contributed by atoms with van der Waals surface area (Å²) in [7, 11) is 0. The number of unbranched alkanes of at least 4 members (excludes halogenated alkanes) is 1. The molecule has 1 aromatic rings. The van der Waals surface area contributed by atoms with E-state index in [4.69, 9.17) is 11.0 Å². The van der Waals surface area contributed by atoms with Crippen LogP contribution in [0.1, 0.15) is 25.5 Å². The Kier molecular flexibility index (Phi) is 4.21. The van der Waals surface area contributed by atoms with Gasteiger partial charge in [-0.2, -0.15) is 5.26 Å². The summed E-state index contributed by atoms with van der Waals surface area (Å²) in [6.07, 6.45) is 4.49. The van der Waals surface area contributed by atoms with Crippen molar-refractivity contribution >= 4 is 0 Å². The van der Waals surface area contributed by atoms with Crippen LogP contribution in [0, 0.1) is 11.3 Å². The van der Waals surface area contributed by atoms with Gasteiger partial charge in [0.25, 0.3) is 0 Å². The Morgan fingerprint density at radius 2 is 2.43 bits per heavy atom. The second kappa shape index (κ2) is 5.46. The standard InChI is InChI=1S/C11H17N3/c1-10(13)9-11-5-4-8-14(11)7-3-2-6-12/h4-5,8,10H,2-3,7,9,13H2,1H3. The number of nitrogens with zero attached hydrogens (tertiary/aromatic N) is 2. The molecule has 0 fully saturated rings. The molecule has 0 aliphatic rings. The molecule has 0 bridgehead atoms. The first-order valence-electron chi connectivity index (χ1n) is 5.00. The predicted molar refractivity (Wildman–Crippen MR) is 56.6 cm³/mol. The quantitative estimate of drug-likeness (QED) is 0.720. The van der Waals surface area contributed by atoms with Crippen molar-refractivity contribution in [3.8, 4) is 6.07 Å². The van der Waals surface area contributed by atoms with Crippen molar-refractivity contribution in [1.82, 2.24) is 4.57 Å². The molecule has 0 amide bonds. The summed E-state index contributed by atoms with van der Waals surface area (Å²) < 4.78 is 2.18. The van der Waals surface area contributed by atoms with E-state index in [0.717, 1.165) is 19.4 Å². The lowest BCUT2D eigenvalue weighted by Gasteiger charge is -2.09. The molecule has 2 N–H and O–H groups in total. The molecule has 3 heteroatoms. The molecule has 0 radical (unpaired) electrons. The van der Waals surface area contributed by atoms with Gasteiger partial charge in [0, 0.05) is 37.3 Å². The van der Waals surface area contributed by atoms with Crippen LogP contribution in [-0.4, -0.2) is 10.6 Å². The van der Waals surface area contributed by atoms with Gasteiger partial charge < -0.3 is 10.3 Å². The third-order valence-corrected chi connectivity index (χ3v) is 2.14. The number of nitriles is 1. The average Bonchev–Trinajstić information content (AvgIpc) is 2.52. The van der Waals surface area contributed by atoms with E-state index < -0.39 is 0 Å². The van der Waals surface area contributed by atoms with E-state index >= 15 is 0 Å². The van der Waals surface area contributed by atoms with Crippen molar-refractivity contribution in [2.45, 2.75) is 38.8 Å². The Hall–Kier alpha value is -1.27. The van der Waals surface area contributed by atoms with E-state index in [2.05, 4.69) is 22.9 Å². The number of hydrogen-bond acceptors (Lipinski definition) is 2. The maximum atomic E-state index is 8.43. The molecule has 1 heterocycles. The zero-order chi connectivity index (χ0) is 10.4. The van der Waals surface area contributed by atoms with Crippen molar-refractivity contribution in [3.05, 3.63) is 24.0 Å². The number of aryl methyl sites for hydroxylation is 1. The average molecular weight is 191 g/mol. The summed E-state index contributed by atoms with van der Waals surface area (Å²) >= 11 is 0. The molecule has 1 rings (SSSR count). The molecule has 0 saturated heterocycles. The van der Waals surface area contributed by atoms with E-state index in [9.17, 15) is 0 Å². The van der Waals surface area contributed by atoms with Gasteiger partial charge in [-0.05, 0) is 25.5 Å². The first kappa shape index (κ1) is 10.8. The molecule has 0 aromatic carbocycles. The van der Waals surface area contributed by atoms with Crippen LogP contribution in [0.5, 0.6) is 0 Å². The van der Waals surface area contributed by atoms with Gasteiger partial charge in [0.15, 0.2) is 0 Å². The number of nitrogens with two attached hydrogens (primary N) is 1. The lowest BCUT2D eigenvalue weighted by molar-refractivity contribution is 0.604. The number of aromatic nitrogens is 1. The lowest BCUT2D eigenvalue weighted by Crippen LogP contribution is -2.19. The SMILES string of the molecule is CC(N)Cc1cccn1CCCC#N. The van der Waals surface area contributed by atoms with Crippen LogP contribution in [0.3, 0.4) is 0 Å². The second-order valence-corrected chi connectivity index (χ2v) is 3.64. The summed E-state index contributed by atoms with van der Waals surface area (Å²) in [5, 5.41) is 8.43. The highest BCUT2D eigenvalue weighted by Crippen LogP contribution is 2.06. The molecule has 1 aromatic heterocycles. The summed E-state index contributed by atoms with van der Waals surface area (Å²) in [5.41, 5.74) is 7.00. The van der Waals surface area contributed by atoms with E-state index in [0.29, 0.717) is 6.42 Å². The predicted octanol–water partition coefficient (Wildman–Crippen LogP) is 1.68. The molecule has 1 atom stereocenters. The number of hydrogen-bond donors (Lipinski definition) is 1. The van der Waals surface area contributed by atoms with Gasteiger partial charge in [-0.15, -0.1) is 0 Å². The molecule has 0 aliphatic heterocycles. The smallest absolute Gasteiger partial charge is 0.0622 e. The third-order valence-electron chi connectivity index (χ3n) is 2.14. The van der Waals surface area contributed by atoms with Crippen LogP contribution < -0.4 is 5.73 Å². The van der Waals surface area contributed by atoms with Crippen molar-refractivity contribution in [2.75, 3.05) is 0 Å². The summed E-state index contributed by atoms with van der Waals surface area (Å²) in [4.78, 5) is 0. The first-order chi connectivity index (χ1) is 6.74. The fourth-order valence-corrected chi connectivity index (χ4v) is 1.51. The highest BCUT2D eigenvalue weighted by Gasteiger charge is 2.02. The lowest BCUT2D eigenvalue weighted by atomic mass is 10.2. The highest BCUT2D eigenvalue weighted by atomic mass is 15.0. The summed E-state index contributed by atoms with van der Waals surface area (Å²) in [6, 6.07) is 6.47. The van der Waals surface area contributed by atoms with Gasteiger partial charge >= 0.3 is 0 Å². The Bertz CT molecular complexity index is 307. The monoisotopic (exact) mass is 191 g/mol. The second-order valence-electron chi connectivity index (χ2n) is 3.64. The van der Waals surface area contributed by atoms with Gasteiger partial charge in [-0.1, -0.05) is 0 Å². The maximum absolute atomic E-state index is 8.43. The van der Waals surface area contributed by atoms with Crippen LogP contribution in [0.4, 0.5) is 0 Å². The van der Waals surface area contributed by atoms with Crippen LogP contribution in [0.15, 0.2) is 18.3 Å². The first-order valence-corrected chi connectivity index (χ1v) is 5.00.